The predicted octanol–water partition coefficient (Wildman–Crippen LogP) is 1.97. The number of rotatable bonds is 9. The lowest BCUT2D eigenvalue weighted by atomic mass is 9.80. The first-order valence-corrected chi connectivity index (χ1v) is 8.88. The van der Waals surface area contributed by atoms with Crippen molar-refractivity contribution in [2.75, 3.05) is 26.2 Å². The van der Waals surface area contributed by atoms with E-state index in [2.05, 4.69) is 55.1 Å². The molecule has 0 saturated heterocycles. The van der Waals surface area contributed by atoms with Gasteiger partial charge in [0.2, 0.25) is 0 Å². The standard InChI is InChI=1S/C17H36N4O/c1-6-18-16(20-13-17(22)9-7-10-17)19-11-8-12-21(14(2)3)15(4)5/h14-15,22H,6-13H2,1-5H3,(H2,18,19,20). The van der Waals surface area contributed by atoms with Gasteiger partial charge in [0.25, 0.3) is 0 Å². The van der Waals surface area contributed by atoms with Crippen LogP contribution >= 0.6 is 0 Å². The topological polar surface area (TPSA) is 59.9 Å². The Kier molecular flexibility index (Phi) is 8.18. The normalized spacial score (nSPS) is 18.0. The Morgan fingerprint density at radius 1 is 1.18 bits per heavy atom. The van der Waals surface area contributed by atoms with Crippen LogP contribution in [0.15, 0.2) is 4.99 Å². The summed E-state index contributed by atoms with van der Waals surface area (Å²) in [5.41, 5.74) is -0.547. The highest BCUT2D eigenvalue weighted by Crippen LogP contribution is 2.31. The molecule has 1 saturated carbocycles. The van der Waals surface area contributed by atoms with Gasteiger partial charge in [-0.2, -0.15) is 0 Å². The van der Waals surface area contributed by atoms with Crippen LogP contribution in [0.3, 0.4) is 0 Å². The summed E-state index contributed by atoms with van der Waals surface area (Å²) in [5.74, 6) is 0.823. The second-order valence-electron chi connectivity index (χ2n) is 6.98. The van der Waals surface area contributed by atoms with Gasteiger partial charge in [0, 0.05) is 31.7 Å². The van der Waals surface area contributed by atoms with Crippen molar-refractivity contribution in [2.24, 2.45) is 4.99 Å². The third-order valence-corrected chi connectivity index (χ3v) is 4.37. The van der Waals surface area contributed by atoms with Gasteiger partial charge in [-0.05, 0) is 60.3 Å². The second-order valence-corrected chi connectivity index (χ2v) is 6.98. The summed E-state index contributed by atoms with van der Waals surface area (Å²) in [6, 6.07) is 1.16. The molecule has 1 aliphatic rings. The van der Waals surface area contributed by atoms with E-state index in [-0.39, 0.29) is 0 Å². The summed E-state index contributed by atoms with van der Waals surface area (Å²) in [7, 11) is 0. The maximum atomic E-state index is 10.1. The first-order chi connectivity index (χ1) is 10.4. The van der Waals surface area contributed by atoms with Gasteiger partial charge in [-0.1, -0.05) is 0 Å². The van der Waals surface area contributed by atoms with Crippen LogP contribution in [-0.2, 0) is 0 Å². The average Bonchev–Trinajstić information content (AvgIpc) is 2.41. The predicted molar refractivity (Wildman–Crippen MR) is 94.4 cm³/mol. The molecule has 0 aliphatic heterocycles. The van der Waals surface area contributed by atoms with Gasteiger partial charge in [-0.25, -0.2) is 0 Å². The lowest BCUT2D eigenvalue weighted by molar-refractivity contribution is -0.0236. The zero-order valence-corrected chi connectivity index (χ0v) is 15.2. The van der Waals surface area contributed by atoms with Gasteiger partial charge in [-0.3, -0.25) is 9.89 Å². The maximum absolute atomic E-state index is 10.1. The van der Waals surface area contributed by atoms with Crippen molar-refractivity contribution in [3.05, 3.63) is 0 Å². The Morgan fingerprint density at radius 3 is 2.27 bits per heavy atom. The number of guanidine groups is 1. The zero-order valence-electron chi connectivity index (χ0n) is 15.2. The molecule has 0 aromatic carbocycles. The monoisotopic (exact) mass is 312 g/mol. The summed E-state index contributed by atoms with van der Waals surface area (Å²) in [6.07, 6.45) is 3.97. The fourth-order valence-electron chi connectivity index (χ4n) is 2.89. The molecule has 0 heterocycles. The van der Waals surface area contributed by atoms with E-state index in [9.17, 15) is 5.11 Å². The summed E-state index contributed by atoms with van der Waals surface area (Å²) in [5, 5.41) is 16.8. The molecule has 0 atom stereocenters. The van der Waals surface area contributed by atoms with Crippen molar-refractivity contribution < 1.29 is 5.11 Å². The quantitative estimate of drug-likeness (QED) is 0.346. The Balaban J connectivity index is 2.33. The number of aliphatic imine (C=N–C) groups is 1. The molecule has 5 heteroatoms. The Hall–Kier alpha value is -0.810. The van der Waals surface area contributed by atoms with E-state index in [0.29, 0.717) is 18.6 Å². The first-order valence-electron chi connectivity index (χ1n) is 8.88. The lowest BCUT2D eigenvalue weighted by Crippen LogP contribution is -2.44. The second kappa shape index (κ2) is 9.36. The van der Waals surface area contributed by atoms with E-state index >= 15 is 0 Å². The molecular formula is C17H36N4O. The highest BCUT2D eigenvalue weighted by molar-refractivity contribution is 5.79. The number of nitrogens with zero attached hydrogens (tertiary/aromatic N) is 2. The van der Waals surface area contributed by atoms with Crippen molar-refractivity contribution >= 4 is 5.96 Å². The highest BCUT2D eigenvalue weighted by atomic mass is 16.3. The molecule has 3 N–H and O–H groups in total. The molecule has 0 radical (unpaired) electrons. The lowest BCUT2D eigenvalue weighted by Gasteiger charge is -2.35. The average molecular weight is 313 g/mol. The number of hydrogen-bond donors (Lipinski definition) is 3. The van der Waals surface area contributed by atoms with E-state index in [1.807, 2.05) is 0 Å². The molecule has 130 valence electrons. The molecule has 0 aromatic heterocycles. The van der Waals surface area contributed by atoms with Crippen molar-refractivity contribution in [3.63, 3.8) is 0 Å². The zero-order chi connectivity index (χ0) is 16.6. The molecule has 5 nitrogen and oxygen atoms in total. The van der Waals surface area contributed by atoms with Crippen LogP contribution in [0.1, 0.15) is 60.3 Å². The third-order valence-electron chi connectivity index (χ3n) is 4.37. The largest absolute Gasteiger partial charge is 0.388 e. The van der Waals surface area contributed by atoms with Gasteiger partial charge in [0.1, 0.15) is 0 Å². The van der Waals surface area contributed by atoms with Crippen LogP contribution in [0.2, 0.25) is 0 Å². The highest BCUT2D eigenvalue weighted by Gasteiger charge is 2.34. The van der Waals surface area contributed by atoms with Crippen LogP contribution in [0.25, 0.3) is 0 Å². The summed E-state index contributed by atoms with van der Waals surface area (Å²) >= 11 is 0. The number of aliphatic hydroxyl groups is 1. The molecule has 1 aliphatic carbocycles. The first kappa shape index (κ1) is 19.2. The molecule has 22 heavy (non-hydrogen) atoms. The summed E-state index contributed by atoms with van der Waals surface area (Å²) in [4.78, 5) is 7.03. The molecule has 1 fully saturated rings. The van der Waals surface area contributed by atoms with E-state index in [0.717, 1.165) is 51.3 Å². The van der Waals surface area contributed by atoms with E-state index in [4.69, 9.17) is 0 Å². The minimum absolute atomic E-state index is 0.506. The molecular weight excluding hydrogens is 276 g/mol. The fourth-order valence-corrected chi connectivity index (χ4v) is 2.89. The SMILES string of the molecule is CCNC(=NCC1(O)CCC1)NCCCN(C(C)C)C(C)C. The van der Waals surface area contributed by atoms with Crippen molar-refractivity contribution in [3.8, 4) is 0 Å². The van der Waals surface area contributed by atoms with Gasteiger partial charge >= 0.3 is 0 Å². The number of hydrogen-bond acceptors (Lipinski definition) is 3. The Labute approximate surface area is 136 Å². The minimum atomic E-state index is -0.547. The van der Waals surface area contributed by atoms with Gasteiger partial charge < -0.3 is 15.7 Å². The van der Waals surface area contributed by atoms with Crippen molar-refractivity contribution in [1.82, 2.24) is 15.5 Å². The van der Waals surface area contributed by atoms with Gasteiger partial charge in [-0.15, -0.1) is 0 Å². The van der Waals surface area contributed by atoms with E-state index < -0.39 is 5.60 Å². The molecule has 1 rings (SSSR count). The van der Waals surface area contributed by atoms with Crippen LogP contribution < -0.4 is 10.6 Å². The molecule has 0 spiro atoms. The smallest absolute Gasteiger partial charge is 0.191 e. The minimum Gasteiger partial charge on any atom is -0.388 e. The summed E-state index contributed by atoms with van der Waals surface area (Å²) < 4.78 is 0. The van der Waals surface area contributed by atoms with Crippen LogP contribution in [0, 0.1) is 0 Å². The van der Waals surface area contributed by atoms with Crippen LogP contribution in [0.4, 0.5) is 0 Å². The maximum Gasteiger partial charge on any atom is 0.191 e. The third kappa shape index (κ3) is 6.53. The number of nitrogens with one attached hydrogen (secondary N) is 2. The Morgan fingerprint density at radius 2 is 1.82 bits per heavy atom. The van der Waals surface area contributed by atoms with Gasteiger partial charge in [0.15, 0.2) is 5.96 Å². The molecule has 0 aromatic rings. The van der Waals surface area contributed by atoms with Crippen LogP contribution in [0.5, 0.6) is 0 Å². The van der Waals surface area contributed by atoms with E-state index in [1.54, 1.807) is 0 Å². The fraction of sp³-hybridized carbons (Fsp3) is 0.941. The van der Waals surface area contributed by atoms with E-state index in [1.165, 1.54) is 0 Å². The van der Waals surface area contributed by atoms with Gasteiger partial charge in [0.05, 0.1) is 12.1 Å². The summed E-state index contributed by atoms with van der Waals surface area (Å²) in [6.45, 7) is 14.4. The molecule has 0 unspecified atom stereocenters. The van der Waals surface area contributed by atoms with Crippen molar-refractivity contribution in [1.29, 1.82) is 0 Å². The molecule has 0 amide bonds. The molecule has 0 bridgehead atoms. The Bertz CT molecular complexity index is 330. The van der Waals surface area contributed by atoms with Crippen molar-refractivity contribution in [2.45, 2.75) is 78.0 Å². The van der Waals surface area contributed by atoms with Crippen LogP contribution in [-0.4, -0.2) is 59.8 Å².